The summed E-state index contributed by atoms with van der Waals surface area (Å²) in [5.74, 6) is 0. The van der Waals surface area contributed by atoms with Crippen LogP contribution in [0.15, 0.2) is 52.6 Å². The second-order valence-electron chi connectivity index (χ2n) is 11.6. The van der Waals surface area contributed by atoms with E-state index in [1.807, 2.05) is 52.0 Å². The zero-order valence-corrected chi connectivity index (χ0v) is 25.3. The number of benzene rings is 1. The molecule has 2 saturated heterocycles. The Morgan fingerprint density at radius 2 is 1.34 bits per heavy atom. The topological polar surface area (TPSA) is 102 Å². The van der Waals surface area contributed by atoms with Crippen LogP contribution < -0.4 is 5.19 Å². The van der Waals surface area contributed by atoms with E-state index < -0.39 is 57.4 Å². The largest absolute Gasteiger partial charge is 0.760 e. The summed E-state index contributed by atoms with van der Waals surface area (Å²) in [5, 5.41) is 1.10. The Bertz CT molecular complexity index is 1240. The molecule has 3 aliphatic rings. The smallest absolute Gasteiger partial charge is 0.370 e. The van der Waals surface area contributed by atoms with E-state index >= 15 is 0 Å². The number of rotatable bonds is 4. The van der Waals surface area contributed by atoms with E-state index in [0.29, 0.717) is 0 Å². The third kappa shape index (κ3) is 3.53. The average molecular weight is 556 g/mol. The summed E-state index contributed by atoms with van der Waals surface area (Å²) in [6, 6.07) is 10.1. The molecule has 1 aromatic carbocycles. The maximum absolute atomic E-state index is 12.3. The second kappa shape index (κ2) is 8.03. The Morgan fingerprint density at radius 3 is 1.83 bits per heavy atom. The first-order valence-corrected chi connectivity index (χ1v) is 18.5. The van der Waals surface area contributed by atoms with Gasteiger partial charge in [0.05, 0.1) is 26.2 Å². The molecule has 2 bridgehead atoms. The quantitative estimate of drug-likeness (QED) is 0.310. The van der Waals surface area contributed by atoms with Crippen molar-refractivity contribution in [3.8, 4) is 0 Å². The molecular formula is C24H35O7S2Si2-. The molecule has 1 aromatic rings. The summed E-state index contributed by atoms with van der Waals surface area (Å²) in [5.41, 5.74) is -1.37. The van der Waals surface area contributed by atoms with Gasteiger partial charge in [-0.25, -0.2) is 8.42 Å². The van der Waals surface area contributed by atoms with Gasteiger partial charge in [-0.3, -0.25) is 4.21 Å². The molecule has 0 radical (unpaired) electrons. The highest BCUT2D eigenvalue weighted by atomic mass is 33.2. The fourth-order valence-electron chi connectivity index (χ4n) is 5.38. The number of allylic oxidation sites excluding steroid dienone is 4. The van der Waals surface area contributed by atoms with Gasteiger partial charge in [0.15, 0.2) is 0 Å². The minimum absolute atomic E-state index is 0.00576. The zero-order valence-electron chi connectivity index (χ0n) is 21.6. The molecule has 11 heteroatoms. The first-order valence-electron chi connectivity index (χ1n) is 11.8. The van der Waals surface area contributed by atoms with Crippen LogP contribution in [0, 0.1) is 0 Å². The fourth-order valence-corrected chi connectivity index (χ4v) is 20.3. The van der Waals surface area contributed by atoms with E-state index in [1.165, 1.54) is 6.08 Å². The van der Waals surface area contributed by atoms with Crippen LogP contribution in [0.2, 0.25) is 10.1 Å². The predicted octanol–water partition coefficient (Wildman–Crippen LogP) is 4.32. The molecule has 2 heterocycles. The Kier molecular flexibility index (Phi) is 6.23. The van der Waals surface area contributed by atoms with Crippen molar-refractivity contribution < 1.29 is 30.1 Å². The Labute approximate surface area is 213 Å². The molecule has 0 N–H and O–H groups in total. The van der Waals surface area contributed by atoms with Crippen molar-refractivity contribution in [2.75, 3.05) is 0 Å². The molecule has 3 atom stereocenters. The number of fused-ring (bicyclic) bond motifs is 2. The second-order valence-corrected chi connectivity index (χ2v) is 23.0. The standard InChI is InChI=1S/C24H36O7S2Si2/c1-21(2)22(3,4)30-35(20-16-14-18(15-17-20)33(27,28)32(25)26)24(7,8)23(5,6)34(29-21,31-35)19-12-10-9-11-13-19/h9-14,17H,15-16H2,1-8H3,(H,25,26)/p-1. The molecule has 1 aliphatic carbocycles. The van der Waals surface area contributed by atoms with Gasteiger partial charge in [0, 0.05) is 16.5 Å². The molecule has 2 aliphatic heterocycles. The summed E-state index contributed by atoms with van der Waals surface area (Å²) in [7, 11) is -14.0. The normalized spacial score (nSPS) is 33.9. The van der Waals surface area contributed by atoms with Crippen LogP contribution in [0.25, 0.3) is 0 Å². The van der Waals surface area contributed by atoms with Crippen LogP contribution in [0.1, 0.15) is 68.2 Å². The average Bonchev–Trinajstić information content (AvgIpc) is 2.84. The molecule has 194 valence electrons. The highest BCUT2D eigenvalue weighted by molar-refractivity contribution is 8.63. The monoisotopic (exact) mass is 555 g/mol. The van der Waals surface area contributed by atoms with E-state index in [0.717, 1.165) is 10.4 Å². The van der Waals surface area contributed by atoms with Crippen molar-refractivity contribution in [2.45, 2.75) is 89.5 Å². The summed E-state index contributed by atoms with van der Waals surface area (Å²) in [6.45, 7) is 16.9. The molecule has 35 heavy (non-hydrogen) atoms. The highest BCUT2D eigenvalue weighted by Crippen LogP contribution is 2.73. The molecule has 4 rings (SSSR count). The van der Waals surface area contributed by atoms with Gasteiger partial charge in [-0.2, -0.15) is 0 Å². The number of hydrogen-bond acceptors (Lipinski definition) is 7. The van der Waals surface area contributed by atoms with Crippen molar-refractivity contribution in [2.24, 2.45) is 0 Å². The summed E-state index contributed by atoms with van der Waals surface area (Å²) in [6.07, 6.45) is 3.58. The lowest BCUT2D eigenvalue weighted by Crippen LogP contribution is -2.65. The maximum atomic E-state index is 12.3. The first kappa shape index (κ1) is 27.1. The van der Waals surface area contributed by atoms with Gasteiger partial charge in [-0.15, -0.1) is 0 Å². The maximum Gasteiger partial charge on any atom is 0.370 e. The summed E-state index contributed by atoms with van der Waals surface area (Å²) >= 11 is 0. The van der Waals surface area contributed by atoms with Gasteiger partial charge in [0.2, 0.25) is 8.87 Å². The SMILES string of the molecule is CC1(C)O[Si]2(C3=CCC(S(=O)(=O)S(=O)[O-])=CC3)O[Si](c3ccccc3)(OC1(C)C)C(C)(C)C2(C)C. The van der Waals surface area contributed by atoms with Crippen LogP contribution in [0.3, 0.4) is 0 Å². The number of hydrogen-bond donors (Lipinski definition) is 0. The van der Waals surface area contributed by atoms with Crippen molar-refractivity contribution in [3.05, 3.63) is 52.6 Å². The first-order chi connectivity index (χ1) is 15.9. The van der Waals surface area contributed by atoms with Gasteiger partial charge in [-0.05, 0) is 44.5 Å². The molecule has 0 aromatic heterocycles. The lowest BCUT2D eigenvalue weighted by atomic mass is 9.90. The molecule has 0 amide bonds. The van der Waals surface area contributed by atoms with Gasteiger partial charge in [-0.1, -0.05) is 70.2 Å². The zero-order chi connectivity index (χ0) is 26.3. The predicted molar refractivity (Wildman–Crippen MR) is 140 cm³/mol. The van der Waals surface area contributed by atoms with E-state index in [1.54, 1.807) is 0 Å². The Hall–Kier alpha value is -0.926. The lowest BCUT2D eigenvalue weighted by Gasteiger charge is -2.54. The van der Waals surface area contributed by atoms with E-state index in [2.05, 4.69) is 39.8 Å². The van der Waals surface area contributed by atoms with Gasteiger partial charge >= 0.3 is 17.1 Å². The minimum Gasteiger partial charge on any atom is -0.760 e. The highest BCUT2D eigenvalue weighted by Gasteiger charge is 2.82. The molecule has 0 saturated carbocycles. The van der Waals surface area contributed by atoms with Crippen LogP contribution in [-0.2, 0) is 31.9 Å². The van der Waals surface area contributed by atoms with Crippen LogP contribution in [0.4, 0.5) is 0 Å². The molecular weight excluding hydrogens is 521 g/mol. The van der Waals surface area contributed by atoms with Crippen molar-refractivity contribution in [1.82, 2.24) is 0 Å². The molecule has 0 spiro atoms. The molecule has 2 fully saturated rings. The Morgan fingerprint density at radius 1 is 0.829 bits per heavy atom. The van der Waals surface area contributed by atoms with E-state index in [-0.39, 0.29) is 17.7 Å². The lowest BCUT2D eigenvalue weighted by molar-refractivity contribution is -0.0877. The van der Waals surface area contributed by atoms with Crippen molar-refractivity contribution in [3.63, 3.8) is 0 Å². The van der Waals surface area contributed by atoms with Crippen molar-refractivity contribution in [1.29, 1.82) is 0 Å². The van der Waals surface area contributed by atoms with Crippen LogP contribution in [0.5, 0.6) is 0 Å². The van der Waals surface area contributed by atoms with Gasteiger partial charge < -0.3 is 17.5 Å². The van der Waals surface area contributed by atoms with Gasteiger partial charge in [0.25, 0.3) is 0 Å². The van der Waals surface area contributed by atoms with Crippen molar-refractivity contribution >= 4 is 41.3 Å². The summed E-state index contributed by atoms with van der Waals surface area (Å²) < 4.78 is 68.8. The van der Waals surface area contributed by atoms with Crippen LogP contribution in [-0.4, -0.2) is 45.5 Å². The van der Waals surface area contributed by atoms with E-state index in [9.17, 15) is 17.2 Å². The van der Waals surface area contributed by atoms with Gasteiger partial charge in [0.1, 0.15) is 0 Å². The fraction of sp³-hybridized carbons (Fsp3) is 0.583. The third-order valence-corrected chi connectivity index (χ3v) is 23.0. The molecule has 7 nitrogen and oxygen atoms in total. The van der Waals surface area contributed by atoms with E-state index in [4.69, 9.17) is 13.0 Å². The third-order valence-electron chi connectivity index (χ3n) is 8.92. The van der Waals surface area contributed by atoms with Crippen LogP contribution >= 0.6 is 0 Å². The Balaban J connectivity index is 1.94. The minimum atomic E-state index is -4.37. The molecule has 3 unspecified atom stereocenters. The summed E-state index contributed by atoms with van der Waals surface area (Å²) in [4.78, 5) is -0.105.